The Balaban J connectivity index is 1.70. The summed E-state index contributed by atoms with van der Waals surface area (Å²) in [4.78, 5) is 24.2. The molecule has 124 valence electrons. The summed E-state index contributed by atoms with van der Waals surface area (Å²) in [5, 5.41) is 9.60. The lowest BCUT2D eigenvalue weighted by Crippen LogP contribution is -2.41. The van der Waals surface area contributed by atoms with E-state index < -0.39 is 11.8 Å². The SMILES string of the molecule is Cc1ccccc1-n1nccc1NC(=O)C(=O)N[C@H]1C=CCCC1. The van der Waals surface area contributed by atoms with Crippen molar-refractivity contribution in [2.45, 2.75) is 32.2 Å². The van der Waals surface area contributed by atoms with Crippen LogP contribution in [0.2, 0.25) is 0 Å². The van der Waals surface area contributed by atoms with Crippen molar-refractivity contribution in [3.8, 4) is 5.69 Å². The van der Waals surface area contributed by atoms with Gasteiger partial charge < -0.3 is 10.6 Å². The van der Waals surface area contributed by atoms with Gasteiger partial charge >= 0.3 is 11.8 Å². The number of allylic oxidation sites excluding steroid dienone is 1. The molecule has 1 aromatic carbocycles. The smallest absolute Gasteiger partial charge is 0.314 e. The minimum Gasteiger partial charge on any atom is -0.342 e. The number of aryl methyl sites for hydroxylation is 1. The highest BCUT2D eigenvalue weighted by Crippen LogP contribution is 2.18. The van der Waals surface area contributed by atoms with Crippen molar-refractivity contribution >= 4 is 17.6 Å². The summed E-state index contributed by atoms with van der Waals surface area (Å²) in [5.74, 6) is -0.864. The van der Waals surface area contributed by atoms with Crippen LogP contribution < -0.4 is 10.6 Å². The molecule has 0 unspecified atom stereocenters. The number of para-hydroxylation sites is 1. The monoisotopic (exact) mass is 324 g/mol. The van der Waals surface area contributed by atoms with Crippen molar-refractivity contribution in [1.82, 2.24) is 15.1 Å². The quantitative estimate of drug-likeness (QED) is 0.672. The average molecular weight is 324 g/mol. The van der Waals surface area contributed by atoms with Crippen molar-refractivity contribution < 1.29 is 9.59 Å². The van der Waals surface area contributed by atoms with Crippen molar-refractivity contribution in [3.63, 3.8) is 0 Å². The van der Waals surface area contributed by atoms with Crippen LogP contribution in [0.15, 0.2) is 48.7 Å². The second kappa shape index (κ2) is 7.12. The Morgan fingerprint density at radius 2 is 2.04 bits per heavy atom. The molecule has 0 fully saturated rings. The summed E-state index contributed by atoms with van der Waals surface area (Å²) in [7, 11) is 0. The molecule has 0 saturated carbocycles. The third-order valence-corrected chi connectivity index (χ3v) is 4.00. The van der Waals surface area contributed by atoms with Crippen LogP contribution in [0.1, 0.15) is 24.8 Å². The summed E-state index contributed by atoms with van der Waals surface area (Å²) in [5.41, 5.74) is 1.88. The highest BCUT2D eigenvalue weighted by molar-refractivity contribution is 6.39. The van der Waals surface area contributed by atoms with Gasteiger partial charge in [0.2, 0.25) is 0 Å². The van der Waals surface area contributed by atoms with Gasteiger partial charge in [-0.25, -0.2) is 4.68 Å². The van der Waals surface area contributed by atoms with E-state index in [0.717, 1.165) is 30.5 Å². The Morgan fingerprint density at radius 1 is 1.21 bits per heavy atom. The van der Waals surface area contributed by atoms with Crippen molar-refractivity contribution in [3.05, 3.63) is 54.2 Å². The second-order valence-electron chi connectivity index (χ2n) is 5.81. The van der Waals surface area contributed by atoms with Crippen LogP contribution in [-0.4, -0.2) is 27.6 Å². The van der Waals surface area contributed by atoms with Gasteiger partial charge in [-0.15, -0.1) is 0 Å². The number of anilines is 1. The Labute approximate surface area is 140 Å². The van der Waals surface area contributed by atoms with Crippen LogP contribution >= 0.6 is 0 Å². The number of rotatable bonds is 3. The van der Waals surface area contributed by atoms with Gasteiger partial charge in [0.25, 0.3) is 0 Å². The van der Waals surface area contributed by atoms with Crippen molar-refractivity contribution in [2.75, 3.05) is 5.32 Å². The number of amides is 2. The molecule has 0 radical (unpaired) electrons. The van der Waals surface area contributed by atoms with Crippen molar-refractivity contribution in [1.29, 1.82) is 0 Å². The maximum absolute atomic E-state index is 12.2. The third kappa shape index (κ3) is 3.53. The molecular formula is C18H20N4O2. The number of benzene rings is 1. The maximum atomic E-state index is 12.2. The van der Waals surface area contributed by atoms with E-state index in [2.05, 4.69) is 15.7 Å². The highest BCUT2D eigenvalue weighted by atomic mass is 16.2. The normalized spacial score (nSPS) is 16.6. The molecule has 0 aliphatic heterocycles. The predicted molar refractivity (Wildman–Crippen MR) is 91.9 cm³/mol. The Hall–Kier alpha value is -2.89. The number of hydrogen-bond donors (Lipinski definition) is 2. The Kier molecular flexibility index (Phi) is 4.74. The van der Waals surface area contributed by atoms with E-state index in [9.17, 15) is 9.59 Å². The number of hydrogen-bond acceptors (Lipinski definition) is 3. The van der Waals surface area contributed by atoms with Crippen LogP contribution in [0.3, 0.4) is 0 Å². The largest absolute Gasteiger partial charge is 0.342 e. The van der Waals surface area contributed by atoms with Gasteiger partial charge in [-0.2, -0.15) is 5.10 Å². The summed E-state index contributed by atoms with van der Waals surface area (Å²) in [6, 6.07) is 9.30. The fourth-order valence-corrected chi connectivity index (χ4v) is 2.73. The number of nitrogens with zero attached hydrogens (tertiary/aromatic N) is 2. The zero-order valence-corrected chi connectivity index (χ0v) is 13.5. The first-order valence-electron chi connectivity index (χ1n) is 8.03. The van der Waals surface area contributed by atoms with E-state index in [1.165, 1.54) is 0 Å². The standard InChI is InChI=1S/C18H20N4O2/c1-13-7-5-6-10-15(13)22-16(11-12-19-22)21-18(24)17(23)20-14-8-3-2-4-9-14/h3,5-8,10-12,14H,2,4,9H2,1H3,(H,20,23)(H,21,24)/t14-/m0/s1. The fourth-order valence-electron chi connectivity index (χ4n) is 2.73. The molecule has 1 aliphatic rings. The molecule has 6 heteroatoms. The Bertz CT molecular complexity index is 779. The number of aromatic nitrogens is 2. The first-order chi connectivity index (χ1) is 11.6. The summed E-state index contributed by atoms with van der Waals surface area (Å²) in [6.45, 7) is 1.96. The van der Waals surface area contributed by atoms with Gasteiger partial charge in [0, 0.05) is 12.1 Å². The summed E-state index contributed by atoms with van der Waals surface area (Å²) in [6.07, 6.45) is 8.45. The van der Waals surface area contributed by atoms with Crippen LogP contribution in [-0.2, 0) is 9.59 Å². The lowest BCUT2D eigenvalue weighted by molar-refractivity contribution is -0.136. The van der Waals surface area contributed by atoms with Gasteiger partial charge in [0.15, 0.2) is 0 Å². The molecule has 2 amide bonds. The maximum Gasteiger partial charge on any atom is 0.314 e. The van der Waals surface area contributed by atoms with E-state index >= 15 is 0 Å². The van der Waals surface area contributed by atoms with E-state index in [0.29, 0.717) is 5.82 Å². The molecule has 3 rings (SSSR count). The molecule has 1 aliphatic carbocycles. The molecule has 0 saturated heterocycles. The molecule has 2 aromatic rings. The predicted octanol–water partition coefficient (Wildman–Crippen LogP) is 2.34. The molecule has 0 bridgehead atoms. The fraction of sp³-hybridized carbons (Fsp3) is 0.278. The van der Waals surface area contributed by atoms with Crippen LogP contribution in [0.25, 0.3) is 5.69 Å². The van der Waals surface area contributed by atoms with E-state index in [-0.39, 0.29) is 6.04 Å². The first kappa shape index (κ1) is 16.0. The molecule has 24 heavy (non-hydrogen) atoms. The highest BCUT2D eigenvalue weighted by Gasteiger charge is 2.20. The van der Waals surface area contributed by atoms with Gasteiger partial charge in [-0.3, -0.25) is 9.59 Å². The van der Waals surface area contributed by atoms with Crippen molar-refractivity contribution in [2.24, 2.45) is 0 Å². The zero-order valence-electron chi connectivity index (χ0n) is 13.5. The topological polar surface area (TPSA) is 76.0 Å². The second-order valence-corrected chi connectivity index (χ2v) is 5.81. The zero-order chi connectivity index (χ0) is 16.9. The molecule has 1 aromatic heterocycles. The lowest BCUT2D eigenvalue weighted by atomic mass is 10.0. The van der Waals surface area contributed by atoms with Gasteiger partial charge in [-0.1, -0.05) is 30.4 Å². The van der Waals surface area contributed by atoms with Gasteiger partial charge in [0.1, 0.15) is 5.82 Å². The summed E-state index contributed by atoms with van der Waals surface area (Å²) < 4.78 is 1.61. The summed E-state index contributed by atoms with van der Waals surface area (Å²) >= 11 is 0. The minimum atomic E-state index is -0.690. The molecule has 6 nitrogen and oxygen atoms in total. The van der Waals surface area contributed by atoms with E-state index in [1.807, 2.05) is 43.3 Å². The van der Waals surface area contributed by atoms with Crippen LogP contribution in [0.4, 0.5) is 5.82 Å². The number of carbonyl (C=O) groups is 2. The van der Waals surface area contributed by atoms with E-state index in [4.69, 9.17) is 0 Å². The molecule has 0 spiro atoms. The number of nitrogens with one attached hydrogen (secondary N) is 2. The average Bonchev–Trinajstić information content (AvgIpc) is 3.04. The molecule has 1 heterocycles. The van der Waals surface area contributed by atoms with Gasteiger partial charge in [-0.05, 0) is 37.8 Å². The van der Waals surface area contributed by atoms with Crippen LogP contribution in [0.5, 0.6) is 0 Å². The van der Waals surface area contributed by atoms with Gasteiger partial charge in [0.05, 0.1) is 11.9 Å². The third-order valence-electron chi connectivity index (χ3n) is 4.00. The molecule has 1 atom stereocenters. The minimum absolute atomic E-state index is 0.0710. The molecular weight excluding hydrogens is 304 g/mol. The van der Waals surface area contributed by atoms with Crippen LogP contribution in [0, 0.1) is 6.92 Å². The van der Waals surface area contributed by atoms with E-state index in [1.54, 1.807) is 16.9 Å². The lowest BCUT2D eigenvalue weighted by Gasteiger charge is -2.17. The number of carbonyl (C=O) groups excluding carboxylic acids is 2. The Morgan fingerprint density at radius 3 is 2.79 bits per heavy atom. The first-order valence-corrected chi connectivity index (χ1v) is 8.03. The molecule has 2 N–H and O–H groups in total.